The second-order valence-corrected chi connectivity index (χ2v) is 4.34. The molecule has 1 aromatic heterocycles. The van der Waals surface area contributed by atoms with E-state index in [0.717, 1.165) is 16.8 Å². The van der Waals surface area contributed by atoms with Crippen LogP contribution in [0.15, 0.2) is 30.3 Å². The molecule has 0 radical (unpaired) electrons. The molecule has 2 rings (SSSR count). The van der Waals surface area contributed by atoms with Crippen molar-refractivity contribution in [3.63, 3.8) is 0 Å². The minimum Gasteiger partial charge on any atom is -0.461 e. The molecule has 1 aromatic carbocycles. The van der Waals surface area contributed by atoms with Gasteiger partial charge in [0.15, 0.2) is 0 Å². The molecule has 4 heteroatoms. The summed E-state index contributed by atoms with van der Waals surface area (Å²) in [5.41, 5.74) is 3.08. The van der Waals surface area contributed by atoms with E-state index in [9.17, 15) is 9.18 Å². The quantitative estimate of drug-likeness (QED) is 0.794. The summed E-state index contributed by atoms with van der Waals surface area (Å²) < 4.78 is 19.9. The van der Waals surface area contributed by atoms with Gasteiger partial charge in [-0.1, -0.05) is 0 Å². The topological polar surface area (TPSA) is 31.2 Å². The highest BCUT2D eigenvalue weighted by molar-refractivity contribution is 5.89. The fourth-order valence-electron chi connectivity index (χ4n) is 2.11. The highest BCUT2D eigenvalue weighted by Crippen LogP contribution is 2.25. The number of carbonyl (C=O) groups excluding carboxylic acids is 1. The fraction of sp³-hybridized carbons (Fsp3) is 0.267. The Kier molecular flexibility index (Phi) is 3.69. The van der Waals surface area contributed by atoms with E-state index in [1.165, 1.54) is 12.1 Å². The Bertz CT molecular complexity index is 617. The first-order valence-corrected chi connectivity index (χ1v) is 6.14. The van der Waals surface area contributed by atoms with Crippen LogP contribution in [0.25, 0.3) is 11.3 Å². The van der Waals surface area contributed by atoms with Gasteiger partial charge in [-0.05, 0) is 49.7 Å². The van der Waals surface area contributed by atoms with Gasteiger partial charge in [-0.2, -0.15) is 0 Å². The van der Waals surface area contributed by atoms with Crippen LogP contribution in [0.3, 0.4) is 0 Å². The Morgan fingerprint density at radius 3 is 2.68 bits per heavy atom. The van der Waals surface area contributed by atoms with Gasteiger partial charge in [0.25, 0.3) is 0 Å². The summed E-state index contributed by atoms with van der Waals surface area (Å²) in [4.78, 5) is 11.7. The third-order valence-corrected chi connectivity index (χ3v) is 3.07. The van der Waals surface area contributed by atoms with Gasteiger partial charge in [0, 0.05) is 18.3 Å². The number of benzene rings is 1. The number of rotatable bonds is 3. The van der Waals surface area contributed by atoms with Gasteiger partial charge >= 0.3 is 5.97 Å². The Labute approximate surface area is 111 Å². The lowest BCUT2D eigenvalue weighted by molar-refractivity contribution is 0.0515. The first-order chi connectivity index (χ1) is 9.04. The van der Waals surface area contributed by atoms with E-state index in [4.69, 9.17) is 4.74 Å². The lowest BCUT2D eigenvalue weighted by Gasteiger charge is -2.09. The van der Waals surface area contributed by atoms with Crippen LogP contribution in [-0.4, -0.2) is 17.1 Å². The smallest absolute Gasteiger partial charge is 0.354 e. The molecule has 0 fully saturated rings. The zero-order chi connectivity index (χ0) is 14.0. The molecule has 100 valence electrons. The molecule has 3 nitrogen and oxygen atoms in total. The SMILES string of the molecule is CCOC(=O)c1ccc(-c2ccc(F)cc2C)n1C. The van der Waals surface area contributed by atoms with Gasteiger partial charge in [-0.3, -0.25) is 0 Å². The summed E-state index contributed by atoms with van der Waals surface area (Å²) in [7, 11) is 1.80. The van der Waals surface area contributed by atoms with Crippen molar-refractivity contribution in [3.8, 4) is 11.3 Å². The minimum absolute atomic E-state index is 0.263. The predicted octanol–water partition coefficient (Wildman–Crippen LogP) is 3.32. The molecule has 0 saturated carbocycles. The van der Waals surface area contributed by atoms with Crippen LogP contribution in [-0.2, 0) is 11.8 Å². The number of ether oxygens (including phenoxy) is 1. The summed E-state index contributed by atoms with van der Waals surface area (Å²) >= 11 is 0. The van der Waals surface area contributed by atoms with Gasteiger partial charge < -0.3 is 9.30 Å². The van der Waals surface area contributed by atoms with Gasteiger partial charge in [0.05, 0.1) is 6.61 Å². The lowest BCUT2D eigenvalue weighted by Crippen LogP contribution is -2.10. The van der Waals surface area contributed by atoms with Crippen molar-refractivity contribution < 1.29 is 13.9 Å². The summed E-state index contributed by atoms with van der Waals surface area (Å²) in [6.45, 7) is 3.95. The molecule has 0 aliphatic carbocycles. The number of esters is 1. The lowest BCUT2D eigenvalue weighted by atomic mass is 10.1. The predicted molar refractivity (Wildman–Crippen MR) is 71.5 cm³/mol. The zero-order valence-corrected chi connectivity index (χ0v) is 11.2. The number of aromatic nitrogens is 1. The van der Waals surface area contributed by atoms with E-state index in [0.29, 0.717) is 12.3 Å². The van der Waals surface area contributed by atoms with E-state index in [-0.39, 0.29) is 11.8 Å². The molecule has 0 aliphatic heterocycles. The molecule has 0 bridgehead atoms. The highest BCUT2D eigenvalue weighted by atomic mass is 19.1. The van der Waals surface area contributed by atoms with E-state index < -0.39 is 0 Å². The van der Waals surface area contributed by atoms with Crippen LogP contribution in [0.1, 0.15) is 23.0 Å². The molecule has 0 amide bonds. The van der Waals surface area contributed by atoms with Crippen LogP contribution >= 0.6 is 0 Å². The average Bonchev–Trinajstić information content (AvgIpc) is 2.72. The van der Waals surface area contributed by atoms with E-state index in [1.54, 1.807) is 30.7 Å². The Morgan fingerprint density at radius 1 is 1.32 bits per heavy atom. The standard InChI is InChI=1S/C15H16FNO2/c1-4-19-15(18)14-8-7-13(17(14)3)12-6-5-11(16)9-10(12)2/h5-9H,4H2,1-3H3. The van der Waals surface area contributed by atoms with Gasteiger partial charge in [0.2, 0.25) is 0 Å². The Hall–Kier alpha value is -2.10. The van der Waals surface area contributed by atoms with Gasteiger partial charge in [-0.25, -0.2) is 9.18 Å². The molecule has 19 heavy (non-hydrogen) atoms. The van der Waals surface area contributed by atoms with Crippen molar-refractivity contribution in [1.82, 2.24) is 4.57 Å². The van der Waals surface area contributed by atoms with Gasteiger partial charge in [0.1, 0.15) is 11.5 Å². The fourth-order valence-corrected chi connectivity index (χ4v) is 2.11. The summed E-state index contributed by atoms with van der Waals surface area (Å²) in [5, 5.41) is 0. The first kappa shape index (κ1) is 13.3. The van der Waals surface area contributed by atoms with Crippen LogP contribution < -0.4 is 0 Å². The van der Waals surface area contributed by atoms with Gasteiger partial charge in [-0.15, -0.1) is 0 Å². The third-order valence-electron chi connectivity index (χ3n) is 3.07. The van der Waals surface area contributed by atoms with Crippen molar-refractivity contribution >= 4 is 5.97 Å². The van der Waals surface area contributed by atoms with E-state index in [2.05, 4.69) is 0 Å². The molecule has 0 N–H and O–H groups in total. The molecule has 0 unspecified atom stereocenters. The molecule has 0 saturated heterocycles. The van der Waals surface area contributed by atoms with Crippen LogP contribution in [0.5, 0.6) is 0 Å². The maximum Gasteiger partial charge on any atom is 0.354 e. The molecule has 0 spiro atoms. The average molecular weight is 261 g/mol. The molecular formula is C15H16FNO2. The number of carbonyl (C=O) groups is 1. The number of nitrogens with zero attached hydrogens (tertiary/aromatic N) is 1. The maximum atomic E-state index is 13.1. The second-order valence-electron chi connectivity index (χ2n) is 4.34. The van der Waals surface area contributed by atoms with Crippen molar-refractivity contribution in [2.45, 2.75) is 13.8 Å². The normalized spacial score (nSPS) is 10.5. The zero-order valence-electron chi connectivity index (χ0n) is 11.2. The monoisotopic (exact) mass is 261 g/mol. The number of hydrogen-bond donors (Lipinski definition) is 0. The van der Waals surface area contributed by atoms with E-state index >= 15 is 0 Å². The molecule has 1 heterocycles. The number of aryl methyl sites for hydroxylation is 1. The summed E-state index contributed by atoms with van der Waals surface area (Å²) in [6, 6.07) is 8.17. The van der Waals surface area contributed by atoms with Crippen molar-refractivity contribution in [2.24, 2.45) is 7.05 Å². The minimum atomic E-state index is -0.351. The van der Waals surface area contributed by atoms with Crippen LogP contribution in [0.4, 0.5) is 4.39 Å². The molecule has 0 atom stereocenters. The number of hydrogen-bond acceptors (Lipinski definition) is 2. The highest BCUT2D eigenvalue weighted by Gasteiger charge is 2.15. The molecule has 2 aromatic rings. The maximum absolute atomic E-state index is 13.1. The largest absolute Gasteiger partial charge is 0.461 e. The summed E-state index contributed by atoms with van der Waals surface area (Å²) in [6.07, 6.45) is 0. The van der Waals surface area contributed by atoms with Crippen molar-refractivity contribution in [2.75, 3.05) is 6.61 Å². The molecule has 0 aliphatic rings. The summed E-state index contributed by atoms with van der Waals surface area (Å²) in [5.74, 6) is -0.614. The van der Waals surface area contributed by atoms with Crippen LogP contribution in [0, 0.1) is 12.7 Å². The van der Waals surface area contributed by atoms with Crippen LogP contribution in [0.2, 0.25) is 0 Å². The Balaban J connectivity index is 2.44. The first-order valence-electron chi connectivity index (χ1n) is 6.14. The van der Waals surface area contributed by atoms with Crippen molar-refractivity contribution in [3.05, 3.63) is 47.4 Å². The third kappa shape index (κ3) is 2.52. The number of halogens is 1. The van der Waals surface area contributed by atoms with E-state index in [1.807, 2.05) is 13.0 Å². The second kappa shape index (κ2) is 5.26. The Morgan fingerprint density at radius 2 is 2.05 bits per heavy atom. The van der Waals surface area contributed by atoms with Crippen molar-refractivity contribution in [1.29, 1.82) is 0 Å². The molecular weight excluding hydrogens is 245 g/mol.